The zero-order valence-corrected chi connectivity index (χ0v) is 13.5. The van der Waals surface area contributed by atoms with Crippen LogP contribution in [0.1, 0.15) is 38.5 Å². The van der Waals surface area contributed by atoms with Crippen molar-refractivity contribution >= 4 is 13.9 Å². The van der Waals surface area contributed by atoms with Crippen LogP contribution in [0.4, 0.5) is 0 Å². The third-order valence-corrected chi connectivity index (χ3v) is 6.32. The van der Waals surface area contributed by atoms with Gasteiger partial charge in [0.1, 0.15) is 13.9 Å². The van der Waals surface area contributed by atoms with E-state index in [1.165, 1.54) is 19.3 Å². The largest absolute Gasteiger partial charge is 0.300 e. The lowest BCUT2D eigenvalue weighted by Crippen LogP contribution is -2.28. The van der Waals surface area contributed by atoms with Crippen molar-refractivity contribution in [3.63, 3.8) is 0 Å². The number of fused-ring (bicyclic) bond motifs is 2. The Bertz CT molecular complexity index is 436. The molecule has 2 bridgehead atoms. The van der Waals surface area contributed by atoms with Crippen molar-refractivity contribution in [1.82, 2.24) is 0 Å². The van der Waals surface area contributed by atoms with E-state index in [1.54, 1.807) is 0 Å². The molecule has 3 fully saturated rings. The number of carbonyl (C=O) groups excluding carboxylic acids is 1. The Morgan fingerprint density at radius 1 is 1.05 bits per heavy atom. The van der Waals surface area contributed by atoms with E-state index in [-0.39, 0.29) is 0 Å². The van der Waals surface area contributed by atoms with Crippen LogP contribution >= 0.6 is 0 Å². The standard InChI is InChI=1S/C17H26OSi/c1-19(2,3)9-8-16-12-4-5-13(10-12)17(16)14-6-7-15(18)11-14/h12-14,16-17H,4-7,10-11H2,1-3H3/t12-,13+,14?,16?,17?/m0/s1. The summed E-state index contributed by atoms with van der Waals surface area (Å²) in [6.07, 6.45) is 7.06. The van der Waals surface area contributed by atoms with Gasteiger partial charge in [-0.1, -0.05) is 19.6 Å². The van der Waals surface area contributed by atoms with Crippen molar-refractivity contribution in [2.45, 2.75) is 58.2 Å². The molecule has 0 spiro atoms. The van der Waals surface area contributed by atoms with Crippen LogP contribution in [-0.2, 0) is 4.79 Å². The Morgan fingerprint density at radius 2 is 1.79 bits per heavy atom. The van der Waals surface area contributed by atoms with Crippen LogP contribution in [0, 0.1) is 41.1 Å². The van der Waals surface area contributed by atoms with Crippen LogP contribution in [0.25, 0.3) is 0 Å². The van der Waals surface area contributed by atoms with E-state index in [0.29, 0.717) is 17.6 Å². The summed E-state index contributed by atoms with van der Waals surface area (Å²) in [6, 6.07) is 0. The van der Waals surface area contributed by atoms with Crippen molar-refractivity contribution in [3.05, 3.63) is 0 Å². The highest BCUT2D eigenvalue weighted by Crippen LogP contribution is 2.56. The molecule has 3 unspecified atom stereocenters. The van der Waals surface area contributed by atoms with Crippen molar-refractivity contribution in [3.8, 4) is 11.5 Å². The first-order chi connectivity index (χ1) is 8.94. The fraction of sp³-hybridized carbons (Fsp3) is 0.824. The van der Waals surface area contributed by atoms with Crippen LogP contribution in [0.2, 0.25) is 19.6 Å². The van der Waals surface area contributed by atoms with E-state index < -0.39 is 8.07 Å². The molecule has 0 aliphatic heterocycles. The van der Waals surface area contributed by atoms with Crippen molar-refractivity contribution in [2.24, 2.45) is 29.6 Å². The first-order valence-corrected chi connectivity index (χ1v) is 11.5. The van der Waals surface area contributed by atoms with Gasteiger partial charge in [0.2, 0.25) is 0 Å². The zero-order chi connectivity index (χ0) is 13.6. The van der Waals surface area contributed by atoms with Crippen LogP contribution in [0.5, 0.6) is 0 Å². The molecule has 3 rings (SSSR count). The van der Waals surface area contributed by atoms with Gasteiger partial charge in [0, 0.05) is 18.8 Å². The third kappa shape index (κ3) is 2.68. The van der Waals surface area contributed by atoms with E-state index in [1.807, 2.05) is 0 Å². The second kappa shape index (κ2) is 4.77. The SMILES string of the molecule is C[Si](C)(C)C#CC1C(C2CCC(=O)C2)[C@@H]2CC[C@H]1C2. The Morgan fingerprint density at radius 3 is 2.42 bits per heavy atom. The fourth-order valence-electron chi connectivity index (χ4n) is 4.70. The quantitative estimate of drug-likeness (QED) is 0.523. The molecule has 0 aromatic rings. The van der Waals surface area contributed by atoms with Crippen LogP contribution in [0.3, 0.4) is 0 Å². The molecule has 0 amide bonds. The maximum Gasteiger partial charge on any atom is 0.133 e. The summed E-state index contributed by atoms with van der Waals surface area (Å²) in [4.78, 5) is 11.6. The van der Waals surface area contributed by atoms with E-state index in [0.717, 1.165) is 37.0 Å². The maximum atomic E-state index is 11.6. The molecule has 0 heterocycles. The molecular formula is C17H26OSi. The molecule has 3 aliphatic rings. The van der Waals surface area contributed by atoms with Gasteiger partial charge in [-0.25, -0.2) is 0 Å². The maximum absolute atomic E-state index is 11.6. The second-order valence-corrected chi connectivity index (χ2v) is 12.7. The van der Waals surface area contributed by atoms with Crippen LogP contribution in [-0.4, -0.2) is 13.9 Å². The lowest BCUT2D eigenvalue weighted by Gasteiger charge is -2.32. The van der Waals surface area contributed by atoms with E-state index in [4.69, 9.17) is 0 Å². The minimum Gasteiger partial charge on any atom is -0.300 e. The van der Waals surface area contributed by atoms with Gasteiger partial charge < -0.3 is 0 Å². The summed E-state index contributed by atoms with van der Waals surface area (Å²) in [5, 5.41) is 0. The van der Waals surface area contributed by atoms with Crippen LogP contribution < -0.4 is 0 Å². The molecule has 0 N–H and O–H groups in total. The number of rotatable bonds is 1. The average molecular weight is 274 g/mol. The minimum atomic E-state index is -1.26. The molecule has 0 saturated heterocycles. The summed E-state index contributed by atoms with van der Waals surface area (Å²) in [6.45, 7) is 7.00. The highest BCUT2D eigenvalue weighted by molar-refractivity contribution is 6.83. The van der Waals surface area contributed by atoms with E-state index in [2.05, 4.69) is 31.1 Å². The van der Waals surface area contributed by atoms with Gasteiger partial charge in [-0.15, -0.1) is 11.5 Å². The van der Waals surface area contributed by atoms with Crippen LogP contribution in [0.15, 0.2) is 0 Å². The van der Waals surface area contributed by atoms with Gasteiger partial charge in [-0.2, -0.15) is 0 Å². The molecule has 0 aromatic heterocycles. The predicted octanol–water partition coefficient (Wildman–Crippen LogP) is 3.90. The molecule has 104 valence electrons. The van der Waals surface area contributed by atoms with Gasteiger partial charge >= 0.3 is 0 Å². The third-order valence-electron chi connectivity index (χ3n) is 5.42. The first kappa shape index (κ1) is 13.4. The average Bonchev–Trinajstić information content (AvgIpc) is 2.99. The monoisotopic (exact) mass is 274 g/mol. The Balaban J connectivity index is 1.80. The van der Waals surface area contributed by atoms with E-state index >= 15 is 0 Å². The fourth-order valence-corrected chi connectivity index (χ4v) is 5.30. The smallest absolute Gasteiger partial charge is 0.133 e. The second-order valence-electron chi connectivity index (χ2n) is 8.00. The molecule has 5 atom stereocenters. The normalized spacial score (nSPS) is 41.4. The molecule has 3 saturated carbocycles. The first-order valence-electron chi connectivity index (χ1n) is 7.98. The van der Waals surface area contributed by atoms with Gasteiger partial charge in [0.15, 0.2) is 0 Å². The van der Waals surface area contributed by atoms with E-state index in [9.17, 15) is 4.79 Å². The molecule has 0 radical (unpaired) electrons. The zero-order valence-electron chi connectivity index (χ0n) is 12.5. The minimum absolute atomic E-state index is 0.504. The number of carbonyl (C=O) groups is 1. The summed E-state index contributed by atoms with van der Waals surface area (Å²) in [7, 11) is -1.26. The molecule has 19 heavy (non-hydrogen) atoms. The lowest BCUT2D eigenvalue weighted by atomic mass is 9.72. The molecular weight excluding hydrogens is 248 g/mol. The number of Topliss-reactive ketones (excluding diaryl/α,β-unsaturated/α-hetero) is 1. The molecule has 0 aromatic carbocycles. The van der Waals surface area contributed by atoms with Gasteiger partial charge in [-0.05, 0) is 49.4 Å². The topological polar surface area (TPSA) is 17.1 Å². The Kier molecular flexibility index (Phi) is 3.37. The summed E-state index contributed by atoms with van der Waals surface area (Å²) in [5.41, 5.74) is 3.62. The van der Waals surface area contributed by atoms with Gasteiger partial charge in [-0.3, -0.25) is 4.79 Å². The number of ketones is 1. The van der Waals surface area contributed by atoms with Crippen molar-refractivity contribution in [2.75, 3.05) is 0 Å². The van der Waals surface area contributed by atoms with Gasteiger partial charge in [0.25, 0.3) is 0 Å². The lowest BCUT2D eigenvalue weighted by molar-refractivity contribution is -0.117. The summed E-state index contributed by atoms with van der Waals surface area (Å²) in [5.74, 6) is 8.00. The number of hydrogen-bond acceptors (Lipinski definition) is 1. The molecule has 1 nitrogen and oxygen atoms in total. The number of hydrogen-bond donors (Lipinski definition) is 0. The predicted molar refractivity (Wildman–Crippen MR) is 81.3 cm³/mol. The molecule has 3 aliphatic carbocycles. The Hall–Kier alpha value is -0.553. The Labute approximate surface area is 118 Å². The highest BCUT2D eigenvalue weighted by atomic mass is 28.3. The van der Waals surface area contributed by atoms with Gasteiger partial charge in [0.05, 0.1) is 0 Å². The van der Waals surface area contributed by atoms with Crippen molar-refractivity contribution in [1.29, 1.82) is 0 Å². The van der Waals surface area contributed by atoms with Crippen molar-refractivity contribution < 1.29 is 4.79 Å². The molecule has 2 heteroatoms. The summed E-state index contributed by atoms with van der Waals surface area (Å²) < 4.78 is 0. The highest BCUT2D eigenvalue weighted by Gasteiger charge is 2.50. The summed E-state index contributed by atoms with van der Waals surface area (Å²) >= 11 is 0.